The molecule has 0 fully saturated rings. The topological polar surface area (TPSA) is 40.6 Å². The molecule has 3 aromatic carbocycles. The lowest BCUT2D eigenvalue weighted by molar-refractivity contribution is -0.120. The van der Waals surface area contributed by atoms with Crippen molar-refractivity contribution in [3.63, 3.8) is 0 Å². The smallest absolute Gasteiger partial charge is 0.258 e. The maximum Gasteiger partial charge on any atom is 0.258 e. The Morgan fingerprint density at radius 2 is 1.64 bits per heavy atom. The number of anilines is 2. The average molecular weight is 461 g/mol. The maximum absolute atomic E-state index is 13.7. The molecule has 0 aliphatic carbocycles. The molecular formula is C28H29ClN2O2. The Labute approximate surface area is 200 Å². The zero-order valence-corrected chi connectivity index (χ0v) is 20.0. The Hall–Kier alpha value is -3.11. The number of para-hydroxylation sites is 1. The summed E-state index contributed by atoms with van der Waals surface area (Å²) in [5, 5.41) is 0.639. The Balaban J connectivity index is 1.68. The van der Waals surface area contributed by atoms with Gasteiger partial charge >= 0.3 is 0 Å². The van der Waals surface area contributed by atoms with Gasteiger partial charge in [0.1, 0.15) is 0 Å². The molecule has 0 radical (unpaired) electrons. The van der Waals surface area contributed by atoms with Crippen LogP contribution < -0.4 is 9.80 Å². The first-order chi connectivity index (χ1) is 15.9. The third-order valence-electron chi connectivity index (χ3n) is 6.44. The number of benzene rings is 3. The van der Waals surface area contributed by atoms with Gasteiger partial charge in [0.05, 0.1) is 5.92 Å². The quantitative estimate of drug-likeness (QED) is 0.437. The Kier molecular flexibility index (Phi) is 6.85. The Morgan fingerprint density at radius 3 is 2.27 bits per heavy atom. The summed E-state index contributed by atoms with van der Waals surface area (Å²) in [6, 6.07) is 22.8. The first kappa shape index (κ1) is 23.1. The third kappa shape index (κ3) is 4.53. The average Bonchev–Trinajstić information content (AvgIpc) is 2.84. The number of carbonyl (C=O) groups excluding carboxylic acids is 2. The van der Waals surface area contributed by atoms with Crippen molar-refractivity contribution in [3.05, 3.63) is 94.5 Å². The summed E-state index contributed by atoms with van der Waals surface area (Å²) in [7, 11) is 0. The Bertz CT molecular complexity index is 1140. The summed E-state index contributed by atoms with van der Waals surface area (Å²) in [4.78, 5) is 30.9. The highest BCUT2D eigenvalue weighted by atomic mass is 35.5. The van der Waals surface area contributed by atoms with E-state index in [-0.39, 0.29) is 23.8 Å². The van der Waals surface area contributed by atoms with E-state index in [4.69, 9.17) is 11.6 Å². The molecule has 1 aliphatic heterocycles. The van der Waals surface area contributed by atoms with Crippen LogP contribution in [0.3, 0.4) is 0 Å². The molecule has 0 saturated heterocycles. The molecule has 170 valence electrons. The number of rotatable bonds is 5. The van der Waals surface area contributed by atoms with Crippen molar-refractivity contribution in [3.8, 4) is 0 Å². The highest BCUT2D eigenvalue weighted by molar-refractivity contribution is 6.30. The van der Waals surface area contributed by atoms with Crippen molar-refractivity contribution < 1.29 is 9.59 Å². The molecule has 1 heterocycles. The molecule has 0 aromatic heterocycles. The highest BCUT2D eigenvalue weighted by Gasteiger charge is 2.38. The molecule has 4 nitrogen and oxygen atoms in total. The van der Waals surface area contributed by atoms with Crippen LogP contribution in [0, 0.1) is 0 Å². The second-order valence-electron chi connectivity index (χ2n) is 8.48. The van der Waals surface area contributed by atoms with Gasteiger partial charge in [-0.25, -0.2) is 0 Å². The van der Waals surface area contributed by atoms with E-state index in [0.717, 1.165) is 23.4 Å². The van der Waals surface area contributed by atoms with E-state index in [1.165, 1.54) is 5.56 Å². The van der Waals surface area contributed by atoms with E-state index in [1.807, 2.05) is 79.4 Å². The van der Waals surface area contributed by atoms with Crippen LogP contribution in [-0.2, 0) is 11.2 Å². The molecule has 0 spiro atoms. The van der Waals surface area contributed by atoms with Crippen LogP contribution in [0.5, 0.6) is 0 Å². The number of carbonyl (C=O) groups is 2. The van der Waals surface area contributed by atoms with Crippen molar-refractivity contribution in [1.82, 2.24) is 0 Å². The van der Waals surface area contributed by atoms with Crippen molar-refractivity contribution in [2.45, 2.75) is 45.6 Å². The van der Waals surface area contributed by atoms with Crippen LogP contribution in [0.1, 0.15) is 54.6 Å². The van der Waals surface area contributed by atoms with Gasteiger partial charge < -0.3 is 9.80 Å². The molecular weight excluding hydrogens is 432 g/mol. The van der Waals surface area contributed by atoms with Crippen LogP contribution in [0.2, 0.25) is 5.02 Å². The van der Waals surface area contributed by atoms with Gasteiger partial charge in [0.2, 0.25) is 5.91 Å². The van der Waals surface area contributed by atoms with Crippen LogP contribution >= 0.6 is 11.6 Å². The first-order valence-electron chi connectivity index (χ1n) is 11.5. The third-order valence-corrected chi connectivity index (χ3v) is 6.69. The van der Waals surface area contributed by atoms with E-state index in [1.54, 1.807) is 17.0 Å². The number of hydrogen-bond donors (Lipinski definition) is 0. The van der Waals surface area contributed by atoms with Crippen molar-refractivity contribution in [2.24, 2.45) is 0 Å². The summed E-state index contributed by atoms with van der Waals surface area (Å²) < 4.78 is 0. The summed E-state index contributed by atoms with van der Waals surface area (Å²) >= 11 is 6.05. The van der Waals surface area contributed by atoms with E-state index in [2.05, 4.69) is 6.92 Å². The number of aryl methyl sites for hydroxylation is 1. The van der Waals surface area contributed by atoms with Gasteiger partial charge in [-0.2, -0.15) is 0 Å². The zero-order valence-electron chi connectivity index (χ0n) is 19.3. The predicted octanol–water partition coefficient (Wildman–Crippen LogP) is 6.48. The fraction of sp³-hybridized carbons (Fsp3) is 0.286. The number of amides is 2. The summed E-state index contributed by atoms with van der Waals surface area (Å²) in [5.74, 6) is -0.314. The summed E-state index contributed by atoms with van der Waals surface area (Å²) in [5.41, 5.74) is 4.39. The fourth-order valence-corrected chi connectivity index (χ4v) is 4.78. The molecule has 0 unspecified atom stereocenters. The maximum atomic E-state index is 13.7. The van der Waals surface area contributed by atoms with Gasteiger partial charge in [-0.3, -0.25) is 9.59 Å². The van der Waals surface area contributed by atoms with Gasteiger partial charge in [0, 0.05) is 34.5 Å². The standard InChI is InChI=1S/C28H29ClN2O2/c1-4-20-10-12-21(13-11-20)27(32)31-19(3)18-25(24-8-6-7-9-26(24)31)28(33)30(5-2)23-16-14-22(29)15-17-23/h6-17,19,25H,4-5,18H2,1-3H3/t19-,25-/m1/s1. The van der Waals surface area contributed by atoms with E-state index in [0.29, 0.717) is 23.6 Å². The van der Waals surface area contributed by atoms with Crippen molar-refractivity contribution >= 4 is 34.8 Å². The second kappa shape index (κ2) is 9.80. The van der Waals surface area contributed by atoms with Crippen LogP contribution in [0.4, 0.5) is 11.4 Å². The molecule has 3 aromatic rings. The molecule has 33 heavy (non-hydrogen) atoms. The molecule has 5 heteroatoms. The number of likely N-dealkylation sites (N-methyl/N-ethyl adjacent to an activating group) is 1. The summed E-state index contributed by atoms with van der Waals surface area (Å²) in [6.07, 6.45) is 1.50. The molecule has 0 bridgehead atoms. The molecule has 2 atom stereocenters. The van der Waals surface area contributed by atoms with Gasteiger partial charge in [-0.05, 0) is 80.3 Å². The SMILES string of the molecule is CCc1ccc(C(=O)N2c3ccccc3[C@H](C(=O)N(CC)c3ccc(Cl)cc3)C[C@H]2C)cc1. The fourth-order valence-electron chi connectivity index (χ4n) is 4.65. The first-order valence-corrected chi connectivity index (χ1v) is 11.9. The van der Waals surface area contributed by atoms with Crippen LogP contribution in [0.25, 0.3) is 0 Å². The molecule has 4 rings (SSSR count). The number of halogens is 1. The Morgan fingerprint density at radius 1 is 0.970 bits per heavy atom. The minimum absolute atomic E-state index is 0.0337. The van der Waals surface area contributed by atoms with E-state index < -0.39 is 0 Å². The van der Waals surface area contributed by atoms with Gasteiger partial charge in [-0.15, -0.1) is 0 Å². The van der Waals surface area contributed by atoms with E-state index >= 15 is 0 Å². The van der Waals surface area contributed by atoms with Gasteiger partial charge in [0.15, 0.2) is 0 Å². The lowest BCUT2D eigenvalue weighted by Gasteiger charge is -2.40. The number of fused-ring (bicyclic) bond motifs is 1. The van der Waals surface area contributed by atoms with Gasteiger partial charge in [0.25, 0.3) is 5.91 Å². The lowest BCUT2D eigenvalue weighted by atomic mass is 9.84. The monoisotopic (exact) mass is 460 g/mol. The van der Waals surface area contributed by atoms with Crippen molar-refractivity contribution in [2.75, 3.05) is 16.3 Å². The normalized spacial score (nSPS) is 17.4. The minimum Gasteiger partial charge on any atom is -0.312 e. The zero-order chi connectivity index (χ0) is 23.5. The lowest BCUT2D eigenvalue weighted by Crippen LogP contribution is -2.46. The summed E-state index contributed by atoms with van der Waals surface area (Å²) in [6.45, 7) is 6.65. The van der Waals surface area contributed by atoms with Crippen LogP contribution in [0.15, 0.2) is 72.8 Å². The molecule has 1 aliphatic rings. The number of hydrogen-bond acceptors (Lipinski definition) is 2. The minimum atomic E-state index is -0.321. The van der Waals surface area contributed by atoms with Crippen molar-refractivity contribution in [1.29, 1.82) is 0 Å². The van der Waals surface area contributed by atoms with E-state index in [9.17, 15) is 9.59 Å². The predicted molar refractivity (Wildman–Crippen MR) is 135 cm³/mol. The van der Waals surface area contributed by atoms with Gasteiger partial charge in [-0.1, -0.05) is 48.9 Å². The molecule has 0 saturated carbocycles. The molecule has 2 amide bonds. The second-order valence-corrected chi connectivity index (χ2v) is 8.92. The van der Waals surface area contributed by atoms with Crippen LogP contribution in [-0.4, -0.2) is 24.4 Å². The number of nitrogens with zero attached hydrogens (tertiary/aromatic N) is 2. The molecule has 0 N–H and O–H groups in total. The largest absolute Gasteiger partial charge is 0.312 e. The highest BCUT2D eigenvalue weighted by Crippen LogP contribution is 2.40.